The SMILES string of the molecule is N=C(N)c1cc2c(nc1OC1CCOC1)CCCC2. The number of aromatic nitrogens is 1. The lowest BCUT2D eigenvalue weighted by molar-refractivity contribution is 0.137. The molecule has 1 atom stereocenters. The summed E-state index contributed by atoms with van der Waals surface area (Å²) in [6.45, 7) is 1.32. The van der Waals surface area contributed by atoms with Crippen LogP contribution >= 0.6 is 0 Å². The number of fused-ring (bicyclic) bond motifs is 1. The fourth-order valence-electron chi connectivity index (χ4n) is 2.66. The molecule has 1 saturated heterocycles. The van der Waals surface area contributed by atoms with Crippen LogP contribution in [0.25, 0.3) is 0 Å². The van der Waals surface area contributed by atoms with Crippen molar-refractivity contribution >= 4 is 5.84 Å². The Bertz CT molecular complexity index is 496. The van der Waals surface area contributed by atoms with Crippen LogP contribution in [-0.4, -0.2) is 30.1 Å². The van der Waals surface area contributed by atoms with Gasteiger partial charge in [0.15, 0.2) is 0 Å². The monoisotopic (exact) mass is 261 g/mol. The summed E-state index contributed by atoms with van der Waals surface area (Å²) >= 11 is 0. The normalized spacial score (nSPS) is 22.0. The van der Waals surface area contributed by atoms with Gasteiger partial charge in [-0.3, -0.25) is 5.41 Å². The van der Waals surface area contributed by atoms with Crippen molar-refractivity contribution in [2.24, 2.45) is 5.73 Å². The lowest BCUT2D eigenvalue weighted by atomic mass is 9.95. The molecule has 0 amide bonds. The Morgan fingerprint density at radius 3 is 3.00 bits per heavy atom. The number of pyridine rings is 1. The van der Waals surface area contributed by atoms with Gasteiger partial charge < -0.3 is 15.2 Å². The second-order valence-corrected chi connectivity index (χ2v) is 5.17. The Morgan fingerprint density at radius 2 is 2.26 bits per heavy atom. The smallest absolute Gasteiger partial charge is 0.225 e. The summed E-state index contributed by atoms with van der Waals surface area (Å²) in [5, 5.41) is 7.69. The molecular weight excluding hydrogens is 242 g/mol. The van der Waals surface area contributed by atoms with Crippen molar-refractivity contribution in [3.05, 3.63) is 22.9 Å². The number of hydrogen-bond acceptors (Lipinski definition) is 4. The number of hydrogen-bond donors (Lipinski definition) is 2. The molecule has 1 aliphatic heterocycles. The average Bonchev–Trinajstić information content (AvgIpc) is 2.90. The van der Waals surface area contributed by atoms with E-state index in [2.05, 4.69) is 4.98 Å². The van der Waals surface area contributed by atoms with E-state index < -0.39 is 0 Å². The first-order valence-electron chi connectivity index (χ1n) is 6.85. The largest absolute Gasteiger partial charge is 0.471 e. The average molecular weight is 261 g/mol. The Morgan fingerprint density at radius 1 is 1.42 bits per heavy atom. The van der Waals surface area contributed by atoms with Crippen molar-refractivity contribution in [2.75, 3.05) is 13.2 Å². The zero-order valence-electron chi connectivity index (χ0n) is 10.9. The fraction of sp³-hybridized carbons (Fsp3) is 0.571. The second-order valence-electron chi connectivity index (χ2n) is 5.17. The van der Waals surface area contributed by atoms with E-state index in [1.54, 1.807) is 0 Å². The highest BCUT2D eigenvalue weighted by Crippen LogP contribution is 2.27. The second kappa shape index (κ2) is 5.17. The highest BCUT2D eigenvalue weighted by atomic mass is 16.5. The number of nitrogens with two attached hydrogens (primary N) is 1. The summed E-state index contributed by atoms with van der Waals surface area (Å²) in [7, 11) is 0. The number of aryl methyl sites for hydroxylation is 2. The predicted molar refractivity (Wildman–Crippen MR) is 71.7 cm³/mol. The first-order valence-corrected chi connectivity index (χ1v) is 6.85. The molecule has 19 heavy (non-hydrogen) atoms. The molecule has 0 aromatic carbocycles. The van der Waals surface area contributed by atoms with Gasteiger partial charge in [0.25, 0.3) is 0 Å². The van der Waals surface area contributed by atoms with E-state index in [1.807, 2.05) is 6.07 Å². The molecule has 1 unspecified atom stereocenters. The van der Waals surface area contributed by atoms with Crippen LogP contribution < -0.4 is 10.5 Å². The van der Waals surface area contributed by atoms with Gasteiger partial charge in [-0.2, -0.15) is 0 Å². The molecule has 5 heteroatoms. The number of nitrogens with one attached hydrogen (secondary N) is 1. The molecule has 0 saturated carbocycles. The summed E-state index contributed by atoms with van der Waals surface area (Å²) in [5.74, 6) is 0.526. The van der Waals surface area contributed by atoms with Crippen molar-refractivity contribution in [2.45, 2.75) is 38.2 Å². The summed E-state index contributed by atoms with van der Waals surface area (Å²) in [6, 6.07) is 1.98. The van der Waals surface area contributed by atoms with Crippen LogP contribution in [0.15, 0.2) is 6.07 Å². The van der Waals surface area contributed by atoms with Gasteiger partial charge in [-0.05, 0) is 37.3 Å². The maximum atomic E-state index is 7.69. The topological polar surface area (TPSA) is 81.2 Å². The molecule has 3 rings (SSSR count). The van der Waals surface area contributed by atoms with Crippen LogP contribution in [-0.2, 0) is 17.6 Å². The van der Waals surface area contributed by atoms with E-state index in [0.29, 0.717) is 18.1 Å². The van der Waals surface area contributed by atoms with Crippen LogP contribution in [0.5, 0.6) is 5.88 Å². The van der Waals surface area contributed by atoms with E-state index in [0.717, 1.165) is 31.6 Å². The summed E-state index contributed by atoms with van der Waals surface area (Å²) in [6.07, 6.45) is 5.28. The Labute approximate surface area is 112 Å². The fourth-order valence-corrected chi connectivity index (χ4v) is 2.66. The molecule has 1 aromatic heterocycles. The first kappa shape index (κ1) is 12.4. The maximum absolute atomic E-state index is 7.69. The molecule has 1 fully saturated rings. The standard InChI is InChI=1S/C14H19N3O2/c15-13(16)11-7-9-3-1-2-4-12(9)17-14(11)19-10-5-6-18-8-10/h7,10H,1-6,8H2,(H3,15,16). The summed E-state index contributed by atoms with van der Waals surface area (Å²) < 4.78 is 11.2. The maximum Gasteiger partial charge on any atom is 0.225 e. The van der Waals surface area contributed by atoms with Crippen molar-refractivity contribution in [3.63, 3.8) is 0 Å². The molecular formula is C14H19N3O2. The van der Waals surface area contributed by atoms with Gasteiger partial charge in [0.1, 0.15) is 11.9 Å². The molecule has 0 bridgehead atoms. The van der Waals surface area contributed by atoms with E-state index >= 15 is 0 Å². The quantitative estimate of drug-likeness (QED) is 0.636. The molecule has 5 nitrogen and oxygen atoms in total. The van der Waals surface area contributed by atoms with E-state index in [4.69, 9.17) is 20.6 Å². The zero-order valence-corrected chi connectivity index (χ0v) is 10.9. The van der Waals surface area contributed by atoms with Crippen molar-refractivity contribution in [3.8, 4) is 5.88 Å². The minimum absolute atomic E-state index is 0.0230. The van der Waals surface area contributed by atoms with Crippen LogP contribution in [0, 0.1) is 5.41 Å². The summed E-state index contributed by atoms with van der Waals surface area (Å²) in [5.41, 5.74) is 8.59. The lowest BCUT2D eigenvalue weighted by Crippen LogP contribution is -2.22. The van der Waals surface area contributed by atoms with Crippen LogP contribution in [0.1, 0.15) is 36.1 Å². The van der Waals surface area contributed by atoms with Gasteiger partial charge in [0.2, 0.25) is 5.88 Å². The van der Waals surface area contributed by atoms with E-state index in [9.17, 15) is 0 Å². The molecule has 2 aliphatic rings. The minimum atomic E-state index is 0.0230. The highest BCUT2D eigenvalue weighted by Gasteiger charge is 2.22. The van der Waals surface area contributed by atoms with Crippen molar-refractivity contribution < 1.29 is 9.47 Å². The molecule has 1 aromatic rings. The van der Waals surface area contributed by atoms with Crippen molar-refractivity contribution in [1.29, 1.82) is 5.41 Å². The predicted octanol–water partition coefficient (Wildman–Crippen LogP) is 1.41. The van der Waals surface area contributed by atoms with Gasteiger partial charge in [-0.25, -0.2) is 4.98 Å². The third kappa shape index (κ3) is 2.56. The van der Waals surface area contributed by atoms with Gasteiger partial charge in [0, 0.05) is 12.1 Å². The van der Waals surface area contributed by atoms with Crippen LogP contribution in [0.2, 0.25) is 0 Å². The molecule has 0 radical (unpaired) electrons. The van der Waals surface area contributed by atoms with Gasteiger partial charge >= 0.3 is 0 Å². The molecule has 0 spiro atoms. The van der Waals surface area contributed by atoms with Crippen molar-refractivity contribution in [1.82, 2.24) is 4.98 Å². The van der Waals surface area contributed by atoms with Gasteiger partial charge in [-0.1, -0.05) is 0 Å². The lowest BCUT2D eigenvalue weighted by Gasteiger charge is -2.20. The number of rotatable bonds is 3. The zero-order chi connectivity index (χ0) is 13.2. The van der Waals surface area contributed by atoms with E-state index in [-0.39, 0.29) is 11.9 Å². The Balaban J connectivity index is 1.93. The minimum Gasteiger partial charge on any atom is -0.471 e. The number of amidine groups is 1. The Kier molecular flexibility index (Phi) is 3.38. The molecule has 1 aliphatic carbocycles. The highest BCUT2D eigenvalue weighted by molar-refractivity contribution is 5.97. The molecule has 3 N–H and O–H groups in total. The number of nitrogen functional groups attached to an aromatic ring is 1. The third-order valence-corrected chi connectivity index (χ3v) is 3.72. The molecule has 2 heterocycles. The first-order chi connectivity index (χ1) is 9.24. The third-order valence-electron chi connectivity index (χ3n) is 3.72. The van der Waals surface area contributed by atoms with Crippen LogP contribution in [0.3, 0.4) is 0 Å². The Hall–Kier alpha value is -1.62. The van der Waals surface area contributed by atoms with E-state index in [1.165, 1.54) is 18.4 Å². The number of nitrogens with zero attached hydrogens (tertiary/aromatic N) is 1. The van der Waals surface area contributed by atoms with Gasteiger partial charge in [-0.15, -0.1) is 0 Å². The number of ether oxygens (including phenoxy) is 2. The molecule has 102 valence electrons. The summed E-state index contributed by atoms with van der Waals surface area (Å²) in [4.78, 5) is 4.60. The van der Waals surface area contributed by atoms with Crippen LogP contribution in [0.4, 0.5) is 0 Å². The van der Waals surface area contributed by atoms with Gasteiger partial charge in [0.05, 0.1) is 18.8 Å².